The second-order valence-corrected chi connectivity index (χ2v) is 5.53. The number of nitrogens with one attached hydrogen (secondary N) is 1. The highest BCUT2D eigenvalue weighted by Gasteiger charge is 2.05. The van der Waals surface area contributed by atoms with Crippen LogP contribution in [0.1, 0.15) is 25.3 Å². The van der Waals surface area contributed by atoms with Crippen LogP contribution in [0.25, 0.3) is 10.8 Å². The van der Waals surface area contributed by atoms with Crippen LogP contribution in [0, 0.1) is 0 Å². The van der Waals surface area contributed by atoms with Crippen LogP contribution in [0.4, 0.5) is 17.1 Å². The standard InChI is InChI=1S/C18H19N3/c1-12(2)13-3-5-14(6-4-13)21-18-8-7-17(19)16-11-20-10-9-15(16)18/h3-12,21H,19H2,1-2H3. The molecular weight excluding hydrogens is 258 g/mol. The maximum Gasteiger partial charge on any atom is 0.0466 e. The van der Waals surface area contributed by atoms with Gasteiger partial charge in [0.25, 0.3) is 0 Å². The molecular formula is C18H19N3. The Bertz CT molecular complexity index is 761. The van der Waals surface area contributed by atoms with Gasteiger partial charge in [-0.15, -0.1) is 0 Å². The highest BCUT2D eigenvalue weighted by Crippen LogP contribution is 2.30. The molecule has 0 saturated heterocycles. The molecule has 106 valence electrons. The third-order valence-electron chi connectivity index (χ3n) is 3.71. The summed E-state index contributed by atoms with van der Waals surface area (Å²) in [4.78, 5) is 4.15. The van der Waals surface area contributed by atoms with Crippen molar-refractivity contribution >= 4 is 27.8 Å². The van der Waals surface area contributed by atoms with Crippen molar-refractivity contribution in [3.05, 3.63) is 60.4 Å². The van der Waals surface area contributed by atoms with Crippen molar-refractivity contribution in [1.82, 2.24) is 4.98 Å². The molecule has 1 aromatic heterocycles. The summed E-state index contributed by atoms with van der Waals surface area (Å²) in [5.74, 6) is 0.544. The third-order valence-corrected chi connectivity index (χ3v) is 3.71. The number of benzene rings is 2. The Balaban J connectivity index is 1.96. The predicted molar refractivity (Wildman–Crippen MR) is 90.0 cm³/mol. The highest BCUT2D eigenvalue weighted by atomic mass is 14.9. The summed E-state index contributed by atoms with van der Waals surface area (Å²) >= 11 is 0. The van der Waals surface area contributed by atoms with E-state index in [0.29, 0.717) is 5.92 Å². The minimum Gasteiger partial charge on any atom is -0.398 e. The average molecular weight is 277 g/mol. The number of anilines is 3. The van der Waals surface area contributed by atoms with Crippen LogP contribution in [-0.2, 0) is 0 Å². The monoisotopic (exact) mass is 277 g/mol. The Morgan fingerprint density at radius 2 is 1.71 bits per heavy atom. The molecule has 0 aliphatic carbocycles. The molecule has 1 heterocycles. The van der Waals surface area contributed by atoms with Gasteiger partial charge in [0.2, 0.25) is 0 Å². The number of nitrogens with zero attached hydrogens (tertiary/aromatic N) is 1. The fourth-order valence-corrected chi connectivity index (χ4v) is 2.43. The quantitative estimate of drug-likeness (QED) is 0.683. The number of pyridine rings is 1. The third kappa shape index (κ3) is 2.68. The zero-order valence-corrected chi connectivity index (χ0v) is 12.3. The largest absolute Gasteiger partial charge is 0.398 e. The van der Waals surface area contributed by atoms with E-state index in [1.807, 2.05) is 18.2 Å². The van der Waals surface area contributed by atoms with Gasteiger partial charge in [-0.1, -0.05) is 26.0 Å². The summed E-state index contributed by atoms with van der Waals surface area (Å²) in [5, 5.41) is 5.51. The molecule has 0 unspecified atom stereocenters. The molecule has 3 rings (SSSR count). The molecule has 3 heteroatoms. The van der Waals surface area contributed by atoms with Gasteiger partial charge in [-0.05, 0) is 41.8 Å². The molecule has 0 radical (unpaired) electrons. The molecule has 0 atom stereocenters. The van der Waals surface area contributed by atoms with Gasteiger partial charge in [0.1, 0.15) is 0 Å². The number of nitrogens with two attached hydrogens (primary N) is 1. The van der Waals surface area contributed by atoms with Crippen LogP contribution in [0.15, 0.2) is 54.9 Å². The highest BCUT2D eigenvalue weighted by molar-refractivity contribution is 6.01. The molecule has 0 fully saturated rings. The van der Waals surface area contributed by atoms with Gasteiger partial charge in [0.05, 0.1) is 0 Å². The predicted octanol–water partition coefficient (Wildman–Crippen LogP) is 4.68. The normalized spacial score (nSPS) is 11.0. The van der Waals surface area contributed by atoms with Gasteiger partial charge in [0.15, 0.2) is 0 Å². The Kier molecular flexibility index (Phi) is 3.48. The van der Waals surface area contributed by atoms with Crippen molar-refractivity contribution in [1.29, 1.82) is 0 Å². The van der Waals surface area contributed by atoms with Gasteiger partial charge < -0.3 is 11.1 Å². The number of nitrogen functional groups attached to an aromatic ring is 1. The molecule has 0 spiro atoms. The van der Waals surface area contributed by atoms with Crippen LogP contribution >= 0.6 is 0 Å². The number of rotatable bonds is 3. The van der Waals surface area contributed by atoms with E-state index in [1.165, 1.54) is 5.56 Å². The number of hydrogen-bond donors (Lipinski definition) is 2. The van der Waals surface area contributed by atoms with Crippen LogP contribution in [0.2, 0.25) is 0 Å². The summed E-state index contributed by atoms with van der Waals surface area (Å²) in [5.41, 5.74) is 10.2. The lowest BCUT2D eigenvalue weighted by molar-refractivity contribution is 0.867. The van der Waals surface area contributed by atoms with Crippen molar-refractivity contribution in [2.24, 2.45) is 0 Å². The summed E-state index contributed by atoms with van der Waals surface area (Å²) in [6, 6.07) is 14.4. The molecule has 0 amide bonds. The van der Waals surface area contributed by atoms with E-state index in [2.05, 4.69) is 48.4 Å². The average Bonchev–Trinajstić information content (AvgIpc) is 2.51. The molecule has 3 nitrogen and oxygen atoms in total. The van der Waals surface area contributed by atoms with E-state index in [9.17, 15) is 0 Å². The zero-order valence-electron chi connectivity index (χ0n) is 12.3. The van der Waals surface area contributed by atoms with Crippen molar-refractivity contribution in [2.75, 3.05) is 11.1 Å². The van der Waals surface area contributed by atoms with E-state index >= 15 is 0 Å². The van der Waals surface area contributed by atoms with Gasteiger partial charge in [-0.3, -0.25) is 4.98 Å². The number of fused-ring (bicyclic) bond motifs is 1. The van der Waals surface area contributed by atoms with Crippen molar-refractivity contribution in [2.45, 2.75) is 19.8 Å². The van der Waals surface area contributed by atoms with Crippen molar-refractivity contribution in [3.8, 4) is 0 Å². The lowest BCUT2D eigenvalue weighted by atomic mass is 10.0. The molecule has 2 aromatic carbocycles. The number of hydrogen-bond acceptors (Lipinski definition) is 3. The van der Waals surface area contributed by atoms with Gasteiger partial charge >= 0.3 is 0 Å². The van der Waals surface area contributed by atoms with E-state index in [4.69, 9.17) is 5.73 Å². The SMILES string of the molecule is CC(C)c1ccc(Nc2ccc(N)c3cnccc23)cc1. The van der Waals surface area contributed by atoms with Crippen LogP contribution in [0.3, 0.4) is 0 Å². The Morgan fingerprint density at radius 3 is 2.43 bits per heavy atom. The Morgan fingerprint density at radius 1 is 0.952 bits per heavy atom. The minimum absolute atomic E-state index is 0.544. The van der Waals surface area contributed by atoms with E-state index < -0.39 is 0 Å². The smallest absolute Gasteiger partial charge is 0.0466 e. The molecule has 0 bridgehead atoms. The lowest BCUT2D eigenvalue weighted by Crippen LogP contribution is -1.95. The van der Waals surface area contributed by atoms with Crippen molar-refractivity contribution < 1.29 is 0 Å². The lowest BCUT2D eigenvalue weighted by Gasteiger charge is -2.12. The molecule has 3 aromatic rings. The van der Waals surface area contributed by atoms with E-state index in [0.717, 1.165) is 27.8 Å². The van der Waals surface area contributed by atoms with Crippen LogP contribution in [0.5, 0.6) is 0 Å². The topological polar surface area (TPSA) is 50.9 Å². The first-order chi connectivity index (χ1) is 10.1. The molecule has 21 heavy (non-hydrogen) atoms. The summed E-state index contributed by atoms with van der Waals surface area (Å²) in [6.07, 6.45) is 3.59. The molecule has 0 aliphatic heterocycles. The Labute approximate surface area is 124 Å². The van der Waals surface area contributed by atoms with Gasteiger partial charge in [-0.2, -0.15) is 0 Å². The van der Waals surface area contributed by atoms with E-state index in [1.54, 1.807) is 12.4 Å². The first-order valence-electron chi connectivity index (χ1n) is 7.14. The van der Waals surface area contributed by atoms with Gasteiger partial charge in [0, 0.05) is 40.2 Å². The maximum absolute atomic E-state index is 6.00. The second-order valence-electron chi connectivity index (χ2n) is 5.53. The molecule has 0 aliphatic rings. The van der Waals surface area contributed by atoms with Crippen LogP contribution in [-0.4, -0.2) is 4.98 Å². The molecule has 3 N–H and O–H groups in total. The maximum atomic E-state index is 6.00. The summed E-state index contributed by atoms with van der Waals surface area (Å²) in [6.45, 7) is 4.39. The first-order valence-corrected chi connectivity index (χ1v) is 7.14. The number of aromatic nitrogens is 1. The minimum atomic E-state index is 0.544. The first kappa shape index (κ1) is 13.4. The van der Waals surface area contributed by atoms with Gasteiger partial charge in [-0.25, -0.2) is 0 Å². The fourth-order valence-electron chi connectivity index (χ4n) is 2.43. The fraction of sp³-hybridized carbons (Fsp3) is 0.167. The summed E-state index contributed by atoms with van der Waals surface area (Å²) in [7, 11) is 0. The molecule has 0 saturated carbocycles. The van der Waals surface area contributed by atoms with E-state index in [-0.39, 0.29) is 0 Å². The second kappa shape index (κ2) is 5.44. The summed E-state index contributed by atoms with van der Waals surface area (Å²) < 4.78 is 0. The van der Waals surface area contributed by atoms with Crippen LogP contribution < -0.4 is 11.1 Å². The zero-order chi connectivity index (χ0) is 14.8. The van der Waals surface area contributed by atoms with Crippen molar-refractivity contribution in [3.63, 3.8) is 0 Å². The Hall–Kier alpha value is -2.55.